The highest BCUT2D eigenvalue weighted by atomic mass is 79.9. The molecule has 1 unspecified atom stereocenters. The predicted molar refractivity (Wildman–Crippen MR) is 90.3 cm³/mol. The van der Waals surface area contributed by atoms with Gasteiger partial charge in [0.15, 0.2) is 0 Å². The van der Waals surface area contributed by atoms with Crippen molar-refractivity contribution in [3.63, 3.8) is 0 Å². The van der Waals surface area contributed by atoms with Gasteiger partial charge < -0.3 is 5.32 Å². The SMILES string of the molecule is CCNC(c1cc(C)c(C)cc1C)c1ccccc1Br. The quantitative estimate of drug-likeness (QED) is 0.824. The minimum Gasteiger partial charge on any atom is -0.306 e. The van der Waals surface area contributed by atoms with Crippen LogP contribution in [0.2, 0.25) is 0 Å². The highest BCUT2D eigenvalue weighted by Gasteiger charge is 2.18. The summed E-state index contributed by atoms with van der Waals surface area (Å²) >= 11 is 3.68. The number of rotatable bonds is 4. The Kier molecular flexibility index (Phi) is 5.00. The molecule has 0 saturated carbocycles. The molecule has 0 aromatic heterocycles. The van der Waals surface area contributed by atoms with Crippen molar-refractivity contribution in [2.24, 2.45) is 0 Å². The molecule has 0 bridgehead atoms. The van der Waals surface area contributed by atoms with Gasteiger partial charge in [0, 0.05) is 4.47 Å². The summed E-state index contributed by atoms with van der Waals surface area (Å²) in [4.78, 5) is 0. The summed E-state index contributed by atoms with van der Waals surface area (Å²) in [6.07, 6.45) is 0. The van der Waals surface area contributed by atoms with E-state index in [2.05, 4.69) is 85.3 Å². The molecule has 0 amide bonds. The molecular weight excluding hydrogens is 310 g/mol. The summed E-state index contributed by atoms with van der Waals surface area (Å²) in [6.45, 7) is 9.65. The fourth-order valence-corrected chi connectivity index (χ4v) is 3.11. The molecule has 2 aromatic carbocycles. The number of benzene rings is 2. The van der Waals surface area contributed by atoms with E-state index in [4.69, 9.17) is 0 Å². The molecule has 0 heterocycles. The van der Waals surface area contributed by atoms with Crippen LogP contribution in [0.25, 0.3) is 0 Å². The van der Waals surface area contributed by atoms with E-state index in [9.17, 15) is 0 Å². The van der Waals surface area contributed by atoms with Gasteiger partial charge in [-0.1, -0.05) is 53.2 Å². The van der Waals surface area contributed by atoms with Crippen LogP contribution in [-0.4, -0.2) is 6.54 Å². The predicted octanol–water partition coefficient (Wildman–Crippen LogP) is 5.07. The van der Waals surface area contributed by atoms with E-state index in [1.807, 2.05) is 0 Å². The summed E-state index contributed by atoms with van der Waals surface area (Å²) in [5.74, 6) is 0. The lowest BCUT2D eigenvalue weighted by Crippen LogP contribution is -2.23. The molecule has 2 aromatic rings. The number of aryl methyl sites for hydroxylation is 3. The summed E-state index contributed by atoms with van der Waals surface area (Å²) in [7, 11) is 0. The fraction of sp³-hybridized carbons (Fsp3) is 0.333. The van der Waals surface area contributed by atoms with Crippen LogP contribution < -0.4 is 5.32 Å². The normalized spacial score (nSPS) is 12.4. The topological polar surface area (TPSA) is 12.0 Å². The molecule has 0 aliphatic rings. The number of hydrogen-bond donors (Lipinski definition) is 1. The molecule has 2 rings (SSSR count). The first kappa shape index (κ1) is 15.3. The van der Waals surface area contributed by atoms with Gasteiger partial charge in [0.25, 0.3) is 0 Å². The van der Waals surface area contributed by atoms with Gasteiger partial charge >= 0.3 is 0 Å². The van der Waals surface area contributed by atoms with Gasteiger partial charge in [0.2, 0.25) is 0 Å². The first-order valence-corrected chi connectivity index (χ1v) is 7.89. The van der Waals surface area contributed by atoms with Crippen molar-refractivity contribution in [3.8, 4) is 0 Å². The fourth-order valence-electron chi connectivity index (χ4n) is 2.59. The van der Waals surface area contributed by atoms with Crippen LogP contribution in [0.3, 0.4) is 0 Å². The third kappa shape index (κ3) is 3.13. The Labute approximate surface area is 130 Å². The average molecular weight is 332 g/mol. The highest BCUT2D eigenvalue weighted by molar-refractivity contribution is 9.10. The second-order valence-electron chi connectivity index (χ2n) is 5.31. The Hall–Kier alpha value is -1.12. The molecule has 0 spiro atoms. The van der Waals surface area contributed by atoms with E-state index in [0.29, 0.717) is 0 Å². The third-order valence-electron chi connectivity index (χ3n) is 3.82. The van der Waals surface area contributed by atoms with Gasteiger partial charge in [-0.25, -0.2) is 0 Å². The zero-order chi connectivity index (χ0) is 14.7. The van der Waals surface area contributed by atoms with Crippen molar-refractivity contribution in [2.75, 3.05) is 6.54 Å². The van der Waals surface area contributed by atoms with Gasteiger partial charge in [0.1, 0.15) is 0 Å². The molecule has 1 nitrogen and oxygen atoms in total. The molecule has 1 N–H and O–H groups in total. The molecule has 2 heteroatoms. The van der Waals surface area contributed by atoms with E-state index in [-0.39, 0.29) is 6.04 Å². The Morgan fingerprint density at radius 3 is 2.25 bits per heavy atom. The molecule has 1 atom stereocenters. The van der Waals surface area contributed by atoms with Crippen LogP contribution in [0.5, 0.6) is 0 Å². The summed E-state index contributed by atoms with van der Waals surface area (Å²) < 4.78 is 1.16. The summed E-state index contributed by atoms with van der Waals surface area (Å²) in [6, 6.07) is 13.3. The summed E-state index contributed by atoms with van der Waals surface area (Å²) in [5, 5.41) is 3.61. The highest BCUT2D eigenvalue weighted by Crippen LogP contribution is 2.31. The Bertz CT molecular complexity index is 604. The zero-order valence-corrected chi connectivity index (χ0v) is 14.2. The van der Waals surface area contributed by atoms with Gasteiger partial charge in [0.05, 0.1) is 6.04 Å². The minimum atomic E-state index is 0.231. The van der Waals surface area contributed by atoms with Crippen molar-refractivity contribution in [1.82, 2.24) is 5.32 Å². The standard InChI is InChI=1S/C18H22BrN/c1-5-20-18(15-8-6-7-9-17(15)19)16-11-13(3)12(2)10-14(16)4/h6-11,18,20H,5H2,1-4H3. The first-order valence-electron chi connectivity index (χ1n) is 7.10. The number of halogens is 1. The van der Waals surface area contributed by atoms with Gasteiger partial charge in [-0.05, 0) is 61.2 Å². The second-order valence-corrected chi connectivity index (χ2v) is 6.16. The summed E-state index contributed by atoms with van der Waals surface area (Å²) in [5.41, 5.74) is 6.70. The van der Waals surface area contributed by atoms with Crippen molar-refractivity contribution in [3.05, 3.63) is 68.7 Å². The van der Waals surface area contributed by atoms with Gasteiger partial charge in [-0.3, -0.25) is 0 Å². The zero-order valence-electron chi connectivity index (χ0n) is 12.6. The Morgan fingerprint density at radius 1 is 0.950 bits per heavy atom. The maximum absolute atomic E-state index is 3.68. The van der Waals surface area contributed by atoms with Crippen LogP contribution in [0.15, 0.2) is 40.9 Å². The van der Waals surface area contributed by atoms with E-state index in [1.54, 1.807) is 0 Å². The van der Waals surface area contributed by atoms with E-state index < -0.39 is 0 Å². The molecule has 0 saturated heterocycles. The maximum Gasteiger partial charge on any atom is 0.0590 e. The lowest BCUT2D eigenvalue weighted by Gasteiger charge is -2.23. The monoisotopic (exact) mass is 331 g/mol. The van der Waals surface area contributed by atoms with Crippen LogP contribution in [-0.2, 0) is 0 Å². The van der Waals surface area contributed by atoms with Crippen LogP contribution in [0.1, 0.15) is 40.8 Å². The largest absolute Gasteiger partial charge is 0.306 e. The smallest absolute Gasteiger partial charge is 0.0590 e. The van der Waals surface area contributed by atoms with Gasteiger partial charge in [-0.15, -0.1) is 0 Å². The van der Waals surface area contributed by atoms with Crippen molar-refractivity contribution < 1.29 is 0 Å². The molecule has 0 radical (unpaired) electrons. The third-order valence-corrected chi connectivity index (χ3v) is 4.54. The van der Waals surface area contributed by atoms with Crippen LogP contribution in [0.4, 0.5) is 0 Å². The van der Waals surface area contributed by atoms with Gasteiger partial charge in [-0.2, -0.15) is 0 Å². The van der Waals surface area contributed by atoms with Crippen LogP contribution >= 0.6 is 15.9 Å². The molecular formula is C18H22BrN. The maximum atomic E-state index is 3.68. The van der Waals surface area contributed by atoms with Crippen molar-refractivity contribution in [1.29, 1.82) is 0 Å². The molecule has 106 valence electrons. The second kappa shape index (κ2) is 6.55. The lowest BCUT2D eigenvalue weighted by molar-refractivity contribution is 0.625. The minimum absolute atomic E-state index is 0.231. The Balaban J connectivity index is 2.54. The first-order chi connectivity index (χ1) is 9.54. The number of hydrogen-bond acceptors (Lipinski definition) is 1. The molecule has 0 aliphatic heterocycles. The van der Waals surface area contributed by atoms with Crippen LogP contribution in [0, 0.1) is 20.8 Å². The number of nitrogens with one attached hydrogen (secondary N) is 1. The average Bonchev–Trinajstić information content (AvgIpc) is 2.42. The molecule has 20 heavy (non-hydrogen) atoms. The van der Waals surface area contributed by atoms with E-state index in [0.717, 1.165) is 11.0 Å². The van der Waals surface area contributed by atoms with Crippen molar-refractivity contribution >= 4 is 15.9 Å². The van der Waals surface area contributed by atoms with E-state index in [1.165, 1.54) is 27.8 Å². The van der Waals surface area contributed by atoms with E-state index >= 15 is 0 Å². The molecule has 0 aliphatic carbocycles. The van der Waals surface area contributed by atoms with Crippen molar-refractivity contribution in [2.45, 2.75) is 33.7 Å². The lowest BCUT2D eigenvalue weighted by atomic mass is 9.91. The Morgan fingerprint density at radius 2 is 1.60 bits per heavy atom. The molecule has 0 fully saturated rings.